The van der Waals surface area contributed by atoms with Crippen LogP contribution in [0.2, 0.25) is 0 Å². The summed E-state index contributed by atoms with van der Waals surface area (Å²) in [5.41, 5.74) is 4.01. The van der Waals surface area contributed by atoms with Crippen LogP contribution < -0.4 is 0 Å². The van der Waals surface area contributed by atoms with Crippen LogP contribution in [0.1, 0.15) is 119 Å². The Hall–Kier alpha value is -0.860. The molecule has 0 saturated heterocycles. The van der Waals surface area contributed by atoms with E-state index in [-0.39, 0.29) is 6.10 Å². The van der Waals surface area contributed by atoms with Gasteiger partial charge in [-0.1, -0.05) is 70.4 Å². The number of rotatable bonds is 6. The molecule has 3 aliphatic carbocycles. The minimum absolute atomic E-state index is 0.338. The quantitative estimate of drug-likeness (QED) is 0.320. The summed E-state index contributed by atoms with van der Waals surface area (Å²) in [6, 6.07) is 0. The van der Waals surface area contributed by atoms with Gasteiger partial charge in [-0.2, -0.15) is 0 Å². The van der Waals surface area contributed by atoms with Gasteiger partial charge in [0.1, 0.15) is 0 Å². The number of hydrogen-bond donors (Lipinski definition) is 2. The zero-order valence-electron chi connectivity index (χ0n) is 22.1. The largest absolute Gasteiger partial charge is 0.390 e. The maximum Gasteiger partial charge on any atom is 0.0784 e. The van der Waals surface area contributed by atoms with E-state index in [2.05, 4.69) is 46.4 Å². The highest BCUT2D eigenvalue weighted by Crippen LogP contribution is 2.58. The molecule has 2 unspecified atom stereocenters. The van der Waals surface area contributed by atoms with Gasteiger partial charge in [0.05, 0.1) is 11.7 Å². The van der Waals surface area contributed by atoms with Crippen molar-refractivity contribution < 1.29 is 10.2 Å². The van der Waals surface area contributed by atoms with Crippen molar-refractivity contribution in [3.63, 3.8) is 0 Å². The first-order valence-electron chi connectivity index (χ1n) is 13.4. The van der Waals surface area contributed by atoms with Gasteiger partial charge in [-0.25, -0.2) is 0 Å². The van der Waals surface area contributed by atoms with Gasteiger partial charge in [-0.15, -0.1) is 0 Å². The molecule has 32 heavy (non-hydrogen) atoms. The Bertz CT molecular complexity index is 660. The summed E-state index contributed by atoms with van der Waals surface area (Å²) in [6.07, 6.45) is 18.5. The van der Waals surface area contributed by atoms with Crippen LogP contribution in [-0.2, 0) is 0 Å². The Morgan fingerprint density at radius 2 is 1.78 bits per heavy atom. The Morgan fingerprint density at radius 1 is 1.09 bits per heavy atom. The van der Waals surface area contributed by atoms with Crippen molar-refractivity contribution in [3.8, 4) is 0 Å². The second-order valence-electron chi connectivity index (χ2n) is 12.4. The van der Waals surface area contributed by atoms with E-state index in [0.29, 0.717) is 5.41 Å². The smallest absolute Gasteiger partial charge is 0.0784 e. The first kappa shape index (κ1) is 27.4. The zero-order chi connectivity index (χ0) is 23.9. The molecular formula is C30H52O2. The summed E-state index contributed by atoms with van der Waals surface area (Å²) in [5.74, 6) is 2.43. The Balaban J connectivity index is 0.000000837. The van der Waals surface area contributed by atoms with Crippen LogP contribution in [0.3, 0.4) is 0 Å². The van der Waals surface area contributed by atoms with E-state index in [1.165, 1.54) is 50.5 Å². The minimum Gasteiger partial charge on any atom is -0.390 e. The van der Waals surface area contributed by atoms with Crippen molar-refractivity contribution in [2.24, 2.45) is 23.2 Å². The second-order valence-corrected chi connectivity index (χ2v) is 12.4. The summed E-state index contributed by atoms with van der Waals surface area (Å²) in [4.78, 5) is 0. The maximum atomic E-state index is 10.1. The topological polar surface area (TPSA) is 40.5 Å². The SMILES string of the molecule is C=C1CC/C(=C/C=C2\CCC[C@]3(C)C(CCCCC(C)(C)O)CCC23)C[C@H]1O.CC(C)C. The van der Waals surface area contributed by atoms with E-state index < -0.39 is 5.60 Å². The molecule has 0 aromatic rings. The van der Waals surface area contributed by atoms with E-state index >= 15 is 0 Å². The Kier molecular flexibility index (Phi) is 10.3. The predicted octanol–water partition coefficient (Wildman–Crippen LogP) is 8.15. The first-order chi connectivity index (χ1) is 14.9. The molecule has 0 radical (unpaired) electrons. The number of unbranched alkanes of at least 4 members (excludes halogenated alkanes) is 1. The normalized spacial score (nSPS) is 33.4. The van der Waals surface area contributed by atoms with Crippen LogP contribution in [0.5, 0.6) is 0 Å². The lowest BCUT2D eigenvalue weighted by Crippen LogP contribution is -2.33. The van der Waals surface area contributed by atoms with E-state index in [9.17, 15) is 10.2 Å². The van der Waals surface area contributed by atoms with Crippen LogP contribution in [0.15, 0.2) is 35.5 Å². The lowest BCUT2D eigenvalue weighted by Gasteiger charge is -2.42. The molecule has 0 aliphatic heterocycles. The van der Waals surface area contributed by atoms with Gasteiger partial charge < -0.3 is 10.2 Å². The number of aliphatic hydroxyl groups is 2. The van der Waals surface area contributed by atoms with Crippen LogP contribution in [0.4, 0.5) is 0 Å². The van der Waals surface area contributed by atoms with Gasteiger partial charge in [0.15, 0.2) is 0 Å². The second kappa shape index (κ2) is 12.0. The summed E-state index contributed by atoms with van der Waals surface area (Å²) in [6.45, 7) is 16.9. The maximum absolute atomic E-state index is 10.1. The highest BCUT2D eigenvalue weighted by molar-refractivity contribution is 5.27. The molecule has 0 spiro atoms. The molecule has 0 amide bonds. The Morgan fingerprint density at radius 3 is 2.41 bits per heavy atom. The van der Waals surface area contributed by atoms with Gasteiger partial charge in [0.25, 0.3) is 0 Å². The number of fused-ring (bicyclic) bond motifs is 1. The van der Waals surface area contributed by atoms with Gasteiger partial charge in [-0.3, -0.25) is 0 Å². The number of hydrogen-bond acceptors (Lipinski definition) is 2. The number of aliphatic hydroxyl groups excluding tert-OH is 1. The van der Waals surface area contributed by atoms with Crippen molar-refractivity contribution in [1.29, 1.82) is 0 Å². The lowest BCUT2D eigenvalue weighted by atomic mass is 9.62. The summed E-state index contributed by atoms with van der Waals surface area (Å²) in [5, 5.41) is 20.0. The third-order valence-corrected chi connectivity index (χ3v) is 7.98. The average Bonchev–Trinajstić information content (AvgIpc) is 3.02. The van der Waals surface area contributed by atoms with Gasteiger partial charge in [0, 0.05) is 0 Å². The van der Waals surface area contributed by atoms with Crippen LogP contribution in [0.25, 0.3) is 0 Å². The molecule has 2 N–H and O–H groups in total. The van der Waals surface area contributed by atoms with E-state index in [1.807, 2.05) is 13.8 Å². The fraction of sp³-hybridized carbons (Fsp3) is 0.800. The minimum atomic E-state index is -0.518. The van der Waals surface area contributed by atoms with E-state index in [1.54, 1.807) is 5.57 Å². The molecule has 3 saturated carbocycles. The zero-order valence-corrected chi connectivity index (χ0v) is 22.1. The van der Waals surface area contributed by atoms with Crippen molar-refractivity contribution in [2.75, 3.05) is 0 Å². The lowest BCUT2D eigenvalue weighted by molar-refractivity contribution is 0.0659. The van der Waals surface area contributed by atoms with Gasteiger partial charge in [0.2, 0.25) is 0 Å². The molecular weight excluding hydrogens is 392 g/mol. The van der Waals surface area contributed by atoms with Crippen molar-refractivity contribution in [2.45, 2.75) is 130 Å². The summed E-state index contributed by atoms with van der Waals surface area (Å²) in [7, 11) is 0. The molecule has 3 fully saturated rings. The molecule has 184 valence electrons. The van der Waals surface area contributed by atoms with Crippen LogP contribution in [0, 0.1) is 23.2 Å². The van der Waals surface area contributed by atoms with Crippen molar-refractivity contribution in [3.05, 3.63) is 35.5 Å². The fourth-order valence-corrected chi connectivity index (χ4v) is 6.13. The molecule has 2 nitrogen and oxygen atoms in total. The molecule has 0 heterocycles. The molecule has 2 heteroatoms. The van der Waals surface area contributed by atoms with Gasteiger partial charge >= 0.3 is 0 Å². The highest BCUT2D eigenvalue weighted by atomic mass is 16.3. The number of allylic oxidation sites excluding steroid dienone is 3. The fourth-order valence-electron chi connectivity index (χ4n) is 6.13. The summed E-state index contributed by atoms with van der Waals surface area (Å²) >= 11 is 0. The molecule has 0 bridgehead atoms. The third kappa shape index (κ3) is 8.17. The third-order valence-electron chi connectivity index (χ3n) is 7.98. The van der Waals surface area contributed by atoms with Crippen LogP contribution >= 0.6 is 0 Å². The van der Waals surface area contributed by atoms with E-state index in [0.717, 1.165) is 55.4 Å². The molecule has 0 aromatic carbocycles. The standard InChI is InChI=1S/C26H42O2.C4H10/c1-19-10-11-20(18-24(19)27)12-13-21-8-7-17-26(4)22(14-15-23(21)26)9-5-6-16-25(2,3)28;1-4(2)3/h12-13,22-24,27-28H,1,5-11,14-18H2,2-4H3;4H,1-3H3/b20-12-,21-13+;/t22?,23?,24-,26-;/m1./s1. The molecule has 0 aromatic heterocycles. The monoisotopic (exact) mass is 444 g/mol. The van der Waals surface area contributed by atoms with E-state index in [4.69, 9.17) is 0 Å². The molecule has 3 rings (SSSR count). The summed E-state index contributed by atoms with van der Waals surface area (Å²) < 4.78 is 0. The average molecular weight is 445 g/mol. The van der Waals surface area contributed by atoms with Crippen molar-refractivity contribution in [1.82, 2.24) is 0 Å². The highest BCUT2D eigenvalue weighted by Gasteiger charge is 2.48. The van der Waals surface area contributed by atoms with Gasteiger partial charge in [-0.05, 0) is 107 Å². The van der Waals surface area contributed by atoms with Crippen molar-refractivity contribution >= 4 is 0 Å². The molecule has 4 atom stereocenters. The van der Waals surface area contributed by atoms with Crippen LogP contribution in [-0.4, -0.2) is 21.9 Å². The molecule has 3 aliphatic rings. The predicted molar refractivity (Wildman–Crippen MR) is 139 cm³/mol. The Labute approximate surface area is 199 Å². The first-order valence-corrected chi connectivity index (χ1v) is 13.4.